The van der Waals surface area contributed by atoms with Crippen LogP contribution in [-0.2, 0) is 0 Å². The van der Waals surface area contributed by atoms with Gasteiger partial charge in [0.05, 0.1) is 9.83 Å². The van der Waals surface area contributed by atoms with Crippen molar-refractivity contribution in [3.8, 4) is 0 Å². The quantitative estimate of drug-likeness (QED) is 0.896. The first-order valence-corrected chi connectivity index (χ1v) is 6.20. The van der Waals surface area contributed by atoms with Gasteiger partial charge in [0.1, 0.15) is 11.6 Å². The van der Waals surface area contributed by atoms with Gasteiger partial charge in [-0.25, -0.2) is 8.78 Å². The molecule has 0 spiro atoms. The highest BCUT2D eigenvalue weighted by Crippen LogP contribution is 2.30. The fraction of sp³-hybridized carbons (Fsp3) is 0.0909. The second-order valence-corrected chi connectivity index (χ2v) is 5.59. The molecule has 0 saturated carbocycles. The lowest BCUT2D eigenvalue weighted by Crippen LogP contribution is -2.14. The zero-order chi connectivity index (χ0) is 11.7. The van der Waals surface area contributed by atoms with Crippen molar-refractivity contribution in [2.24, 2.45) is 5.73 Å². The molecule has 1 aromatic carbocycles. The van der Waals surface area contributed by atoms with Crippen molar-refractivity contribution in [3.63, 3.8) is 0 Å². The van der Waals surface area contributed by atoms with E-state index in [-0.39, 0.29) is 5.56 Å². The van der Waals surface area contributed by atoms with Gasteiger partial charge in [-0.3, -0.25) is 0 Å². The van der Waals surface area contributed by atoms with Gasteiger partial charge >= 0.3 is 0 Å². The van der Waals surface area contributed by atoms with Crippen molar-refractivity contribution in [2.45, 2.75) is 6.04 Å². The molecule has 5 heteroatoms. The highest BCUT2D eigenvalue weighted by atomic mass is 79.9. The largest absolute Gasteiger partial charge is 0.320 e. The average molecular weight is 304 g/mol. The third-order valence-corrected chi connectivity index (χ3v) is 3.78. The number of rotatable bonds is 2. The summed E-state index contributed by atoms with van der Waals surface area (Å²) in [5.41, 5.74) is 6.44. The van der Waals surface area contributed by atoms with Crippen molar-refractivity contribution < 1.29 is 8.78 Å². The van der Waals surface area contributed by atoms with Gasteiger partial charge in [-0.2, -0.15) is 0 Å². The summed E-state index contributed by atoms with van der Waals surface area (Å²) < 4.78 is 27.8. The molecule has 2 N–H and O–H groups in total. The van der Waals surface area contributed by atoms with Crippen LogP contribution in [0.25, 0.3) is 0 Å². The molecule has 84 valence electrons. The minimum atomic E-state index is -0.774. The third kappa shape index (κ3) is 2.16. The third-order valence-electron chi connectivity index (χ3n) is 2.26. The number of thiophene rings is 1. The van der Waals surface area contributed by atoms with Crippen LogP contribution in [0.15, 0.2) is 33.4 Å². The number of halogens is 3. The molecule has 1 aromatic heterocycles. The summed E-state index contributed by atoms with van der Waals surface area (Å²) in [5, 5.41) is 1.78. The first-order valence-electron chi connectivity index (χ1n) is 4.53. The first kappa shape index (κ1) is 11.7. The molecule has 2 aromatic rings. The molecule has 16 heavy (non-hydrogen) atoms. The van der Waals surface area contributed by atoms with E-state index < -0.39 is 17.7 Å². The number of benzene rings is 1. The zero-order valence-corrected chi connectivity index (χ0v) is 10.5. The summed E-state index contributed by atoms with van der Waals surface area (Å²) in [6, 6.07) is 4.73. The van der Waals surface area contributed by atoms with Crippen LogP contribution in [0, 0.1) is 11.6 Å². The molecule has 0 saturated heterocycles. The van der Waals surface area contributed by atoms with Gasteiger partial charge in [0.2, 0.25) is 0 Å². The van der Waals surface area contributed by atoms with E-state index in [9.17, 15) is 8.78 Å². The summed E-state index contributed by atoms with van der Waals surface area (Å²) in [6.07, 6.45) is 0. The molecule has 0 aliphatic heterocycles. The fourth-order valence-electron chi connectivity index (χ4n) is 1.46. The van der Waals surface area contributed by atoms with E-state index in [0.29, 0.717) is 5.56 Å². The molecule has 0 aliphatic rings. The van der Waals surface area contributed by atoms with E-state index in [4.69, 9.17) is 5.73 Å². The molecule has 1 unspecified atom stereocenters. The number of hydrogen-bond acceptors (Lipinski definition) is 2. The lowest BCUT2D eigenvalue weighted by molar-refractivity contribution is 0.543. The molecule has 0 fully saturated rings. The molecule has 1 atom stereocenters. The van der Waals surface area contributed by atoms with Crippen LogP contribution >= 0.6 is 27.3 Å². The number of hydrogen-bond donors (Lipinski definition) is 1. The molecule has 1 nitrogen and oxygen atoms in total. The smallest absolute Gasteiger partial charge is 0.131 e. The van der Waals surface area contributed by atoms with Crippen molar-refractivity contribution in [3.05, 3.63) is 56.2 Å². The zero-order valence-electron chi connectivity index (χ0n) is 8.08. The predicted octanol–water partition coefficient (Wildman–Crippen LogP) is 3.84. The summed E-state index contributed by atoms with van der Waals surface area (Å²) in [5.74, 6) is -1.23. The first-order chi connectivity index (χ1) is 7.59. The Balaban J connectivity index is 2.45. The van der Waals surface area contributed by atoms with Gasteiger partial charge in [0, 0.05) is 5.56 Å². The monoisotopic (exact) mass is 303 g/mol. The lowest BCUT2D eigenvalue weighted by atomic mass is 10.0. The maximum atomic E-state index is 13.5. The van der Waals surface area contributed by atoms with Gasteiger partial charge < -0.3 is 5.73 Å². The van der Waals surface area contributed by atoms with Crippen LogP contribution in [0.1, 0.15) is 17.2 Å². The minimum Gasteiger partial charge on any atom is -0.320 e. The van der Waals surface area contributed by atoms with Crippen LogP contribution in [-0.4, -0.2) is 0 Å². The Labute approximate surface area is 104 Å². The molecule has 0 bridgehead atoms. The van der Waals surface area contributed by atoms with Gasteiger partial charge in [0.25, 0.3) is 0 Å². The maximum Gasteiger partial charge on any atom is 0.131 e. The molecule has 0 radical (unpaired) electrons. The topological polar surface area (TPSA) is 26.0 Å². The Hall–Kier alpha value is -0.780. The second kappa shape index (κ2) is 4.61. The van der Waals surface area contributed by atoms with E-state index in [0.717, 1.165) is 3.79 Å². The van der Waals surface area contributed by atoms with Crippen LogP contribution < -0.4 is 5.73 Å². The summed E-state index contributed by atoms with van der Waals surface area (Å²) in [4.78, 5) is 0. The highest BCUT2D eigenvalue weighted by molar-refractivity contribution is 9.11. The Morgan fingerprint density at radius 2 is 1.88 bits per heavy atom. The molecule has 0 aliphatic carbocycles. The van der Waals surface area contributed by atoms with Crippen LogP contribution in [0.5, 0.6) is 0 Å². The van der Waals surface area contributed by atoms with Crippen molar-refractivity contribution in [1.82, 2.24) is 0 Å². The van der Waals surface area contributed by atoms with Crippen molar-refractivity contribution >= 4 is 27.3 Å². The SMILES string of the molecule is NC(c1csc(Br)c1)c1c(F)cccc1F. The predicted molar refractivity (Wildman–Crippen MR) is 64.4 cm³/mol. The average Bonchev–Trinajstić information content (AvgIpc) is 2.64. The van der Waals surface area contributed by atoms with Gasteiger partial charge in [-0.1, -0.05) is 6.07 Å². The Bertz CT molecular complexity index is 492. The lowest BCUT2D eigenvalue weighted by Gasteiger charge is -2.12. The minimum absolute atomic E-state index is 0.0900. The van der Waals surface area contributed by atoms with Gasteiger partial charge in [-0.15, -0.1) is 11.3 Å². The van der Waals surface area contributed by atoms with Gasteiger partial charge in [-0.05, 0) is 45.1 Å². The Morgan fingerprint density at radius 1 is 1.25 bits per heavy atom. The maximum absolute atomic E-state index is 13.5. The van der Waals surface area contributed by atoms with E-state index >= 15 is 0 Å². The van der Waals surface area contributed by atoms with Crippen LogP contribution in [0.2, 0.25) is 0 Å². The number of nitrogens with two attached hydrogens (primary N) is 1. The van der Waals surface area contributed by atoms with Crippen LogP contribution in [0.4, 0.5) is 8.78 Å². The van der Waals surface area contributed by atoms with E-state index in [2.05, 4.69) is 15.9 Å². The fourth-order valence-corrected chi connectivity index (χ4v) is 2.67. The normalized spacial score (nSPS) is 12.8. The van der Waals surface area contributed by atoms with E-state index in [1.165, 1.54) is 29.5 Å². The van der Waals surface area contributed by atoms with Crippen LogP contribution in [0.3, 0.4) is 0 Å². The highest BCUT2D eigenvalue weighted by Gasteiger charge is 2.18. The van der Waals surface area contributed by atoms with E-state index in [1.54, 1.807) is 11.4 Å². The van der Waals surface area contributed by atoms with E-state index in [1.807, 2.05) is 0 Å². The second-order valence-electron chi connectivity index (χ2n) is 3.30. The Kier molecular flexibility index (Phi) is 3.37. The van der Waals surface area contributed by atoms with Gasteiger partial charge in [0.15, 0.2) is 0 Å². The molecule has 1 heterocycles. The summed E-state index contributed by atoms with van der Waals surface area (Å²) in [6.45, 7) is 0. The Morgan fingerprint density at radius 3 is 2.38 bits per heavy atom. The molecule has 2 rings (SSSR count). The summed E-state index contributed by atoms with van der Waals surface area (Å²) >= 11 is 4.72. The molecule has 0 amide bonds. The molecular formula is C11H8BrF2NS. The standard InChI is InChI=1S/C11H8BrF2NS/c12-9-4-6(5-16-9)11(15)10-7(13)2-1-3-8(10)14/h1-5,11H,15H2. The van der Waals surface area contributed by atoms with Crippen molar-refractivity contribution in [2.75, 3.05) is 0 Å². The van der Waals surface area contributed by atoms with Crippen molar-refractivity contribution in [1.29, 1.82) is 0 Å². The molecular weight excluding hydrogens is 296 g/mol. The summed E-state index contributed by atoms with van der Waals surface area (Å²) in [7, 11) is 0.